The molecule has 2 aromatic rings. The van der Waals surface area contributed by atoms with Gasteiger partial charge in [-0.1, -0.05) is 35.9 Å². The Morgan fingerprint density at radius 3 is 2.67 bits per heavy atom. The van der Waals surface area contributed by atoms with Gasteiger partial charge in [0.25, 0.3) is 0 Å². The summed E-state index contributed by atoms with van der Waals surface area (Å²) in [6.45, 7) is 1.84. The van der Waals surface area contributed by atoms with Crippen molar-refractivity contribution in [3.05, 3.63) is 81.3 Å². The molecule has 1 unspecified atom stereocenters. The van der Waals surface area contributed by atoms with Gasteiger partial charge in [-0.25, -0.2) is 4.79 Å². The molecule has 1 spiro atoms. The first kappa shape index (κ1) is 21.3. The van der Waals surface area contributed by atoms with E-state index in [1.807, 2.05) is 13.0 Å². The van der Waals surface area contributed by atoms with Crippen molar-refractivity contribution >= 4 is 40.6 Å². The summed E-state index contributed by atoms with van der Waals surface area (Å²) in [7, 11) is 1.23. The van der Waals surface area contributed by atoms with Gasteiger partial charge in [-0.3, -0.25) is 14.5 Å². The van der Waals surface area contributed by atoms with Gasteiger partial charge in [-0.2, -0.15) is 0 Å². The number of nitrogens with zero attached hydrogens (tertiary/aromatic N) is 1. The molecule has 7 nitrogen and oxygen atoms in total. The number of carbonyl (C=O) groups is 3. The van der Waals surface area contributed by atoms with Crippen LogP contribution in [0.3, 0.4) is 0 Å². The predicted octanol–water partition coefficient (Wildman–Crippen LogP) is 3.71. The third-order valence-electron chi connectivity index (χ3n) is 6.69. The Kier molecular flexibility index (Phi) is 4.83. The summed E-state index contributed by atoms with van der Waals surface area (Å²) in [4.78, 5) is 42.2. The lowest BCUT2D eigenvalue weighted by Gasteiger charge is -2.44. The summed E-state index contributed by atoms with van der Waals surface area (Å²) in [5.74, 6) is -1.40. The van der Waals surface area contributed by atoms with Crippen molar-refractivity contribution in [2.24, 2.45) is 5.73 Å². The van der Waals surface area contributed by atoms with Crippen LogP contribution < -0.4 is 16.0 Å². The van der Waals surface area contributed by atoms with Crippen molar-refractivity contribution < 1.29 is 19.1 Å². The quantitative estimate of drug-likeness (QED) is 0.658. The second-order valence-corrected chi connectivity index (χ2v) is 8.73. The number of fused-ring (bicyclic) bond motifs is 3. The van der Waals surface area contributed by atoms with Crippen LogP contribution in [0, 0.1) is 6.92 Å². The van der Waals surface area contributed by atoms with Crippen LogP contribution in [0.15, 0.2) is 65.1 Å². The average molecular weight is 464 g/mol. The van der Waals surface area contributed by atoms with Gasteiger partial charge in [0.2, 0.25) is 5.91 Å². The summed E-state index contributed by atoms with van der Waals surface area (Å²) in [5.41, 5.74) is 8.28. The predicted molar refractivity (Wildman–Crippen MR) is 125 cm³/mol. The first-order valence-corrected chi connectivity index (χ1v) is 11.0. The Bertz CT molecular complexity index is 1310. The molecule has 2 heterocycles. The van der Waals surface area contributed by atoms with E-state index in [1.54, 1.807) is 41.3 Å². The Hall–Kier alpha value is -3.58. The van der Waals surface area contributed by atoms with Gasteiger partial charge >= 0.3 is 5.97 Å². The van der Waals surface area contributed by atoms with Gasteiger partial charge in [0, 0.05) is 34.0 Å². The number of allylic oxidation sites excluding steroid dienone is 1. The second-order valence-electron chi connectivity index (χ2n) is 8.32. The molecule has 3 N–H and O–H groups in total. The largest absolute Gasteiger partial charge is 0.466 e. The van der Waals surface area contributed by atoms with Gasteiger partial charge in [0.15, 0.2) is 5.78 Å². The van der Waals surface area contributed by atoms with Crippen LogP contribution in [0.2, 0.25) is 5.02 Å². The summed E-state index contributed by atoms with van der Waals surface area (Å²) in [5, 5.41) is 3.38. The molecule has 5 rings (SSSR count). The number of nitrogens with two attached hydrogens (primary N) is 1. The highest BCUT2D eigenvalue weighted by Crippen LogP contribution is 2.55. The first-order valence-electron chi connectivity index (χ1n) is 10.7. The third kappa shape index (κ3) is 2.72. The standard InChI is InChI=1S/C25H22ClN3O4/c1-13-15(26)8-5-10-17(13)29-18-11-6-12-19(30)20(18)25(21(22(29)27)23(31)33-2)14-7-3-4-9-16(14)28-24(25)32/h3-5,7-10H,6,11-12,27H2,1-2H3,(H,28,32). The van der Waals surface area contributed by atoms with Gasteiger partial charge in [0.1, 0.15) is 16.8 Å². The van der Waals surface area contributed by atoms with E-state index in [1.165, 1.54) is 7.11 Å². The molecule has 2 aliphatic heterocycles. The number of esters is 1. The summed E-state index contributed by atoms with van der Waals surface area (Å²) >= 11 is 6.40. The number of nitrogens with one attached hydrogen (secondary N) is 1. The maximum atomic E-state index is 13.7. The van der Waals surface area contributed by atoms with Crippen LogP contribution >= 0.6 is 11.6 Å². The number of anilines is 2. The number of para-hydroxylation sites is 1. The van der Waals surface area contributed by atoms with E-state index >= 15 is 0 Å². The Morgan fingerprint density at radius 2 is 1.91 bits per heavy atom. The molecule has 8 heteroatoms. The molecule has 33 heavy (non-hydrogen) atoms. The molecule has 2 aromatic carbocycles. The van der Waals surface area contributed by atoms with Gasteiger partial charge in [-0.05, 0) is 43.5 Å². The second kappa shape index (κ2) is 7.49. The van der Waals surface area contributed by atoms with Crippen molar-refractivity contribution in [2.45, 2.75) is 31.6 Å². The SMILES string of the molecule is COC(=O)C1=C(N)N(c2cccc(Cl)c2C)C2=C(C(=O)CCC2)C12C(=O)Nc1ccccc12. The van der Waals surface area contributed by atoms with Crippen molar-refractivity contribution in [1.82, 2.24) is 0 Å². The number of benzene rings is 2. The first-order chi connectivity index (χ1) is 15.8. The Morgan fingerprint density at radius 1 is 1.15 bits per heavy atom. The third-order valence-corrected chi connectivity index (χ3v) is 7.10. The number of ether oxygens (including phenoxy) is 1. The fourth-order valence-corrected chi connectivity index (χ4v) is 5.45. The van der Waals surface area contributed by atoms with Crippen LogP contribution in [0.4, 0.5) is 11.4 Å². The van der Waals surface area contributed by atoms with E-state index in [0.717, 1.165) is 5.56 Å². The number of methoxy groups -OCH3 is 1. The fraction of sp³-hybridized carbons (Fsp3) is 0.240. The highest BCUT2D eigenvalue weighted by atomic mass is 35.5. The van der Waals surface area contributed by atoms with Crippen LogP contribution in [-0.2, 0) is 24.5 Å². The lowest BCUT2D eigenvalue weighted by Crippen LogP contribution is -2.53. The number of carbonyl (C=O) groups excluding carboxylic acids is 3. The molecular formula is C25H22ClN3O4. The van der Waals surface area contributed by atoms with E-state index in [0.29, 0.717) is 40.5 Å². The van der Waals surface area contributed by atoms with E-state index in [2.05, 4.69) is 5.32 Å². The van der Waals surface area contributed by atoms with E-state index in [9.17, 15) is 14.4 Å². The smallest absolute Gasteiger partial charge is 0.339 e. The van der Waals surface area contributed by atoms with Crippen molar-refractivity contribution in [3.63, 3.8) is 0 Å². The van der Waals surface area contributed by atoms with Crippen molar-refractivity contribution in [2.75, 3.05) is 17.3 Å². The Labute approximate surface area is 195 Å². The van der Waals surface area contributed by atoms with E-state index < -0.39 is 17.3 Å². The van der Waals surface area contributed by atoms with Crippen LogP contribution in [0.25, 0.3) is 0 Å². The van der Waals surface area contributed by atoms with Gasteiger partial charge in [0.05, 0.1) is 12.8 Å². The molecule has 0 aromatic heterocycles. The van der Waals surface area contributed by atoms with E-state index in [4.69, 9.17) is 22.1 Å². The average Bonchev–Trinajstić information content (AvgIpc) is 3.08. The van der Waals surface area contributed by atoms with Gasteiger partial charge < -0.3 is 15.8 Å². The van der Waals surface area contributed by atoms with Gasteiger partial charge in [-0.15, -0.1) is 0 Å². The number of hydrogen-bond acceptors (Lipinski definition) is 6. The molecule has 3 aliphatic rings. The molecule has 1 atom stereocenters. The molecule has 0 saturated carbocycles. The minimum absolute atomic E-state index is 0.0486. The van der Waals surface area contributed by atoms with Crippen LogP contribution in [-0.4, -0.2) is 24.8 Å². The molecule has 0 radical (unpaired) electrons. The Balaban J connectivity index is 1.93. The van der Waals surface area contributed by atoms with E-state index in [-0.39, 0.29) is 29.2 Å². The number of Topliss-reactive ketones (excluding diaryl/α,β-unsaturated/α-hetero) is 1. The zero-order valence-electron chi connectivity index (χ0n) is 18.2. The maximum Gasteiger partial charge on any atom is 0.339 e. The van der Waals surface area contributed by atoms with Crippen molar-refractivity contribution in [1.29, 1.82) is 0 Å². The monoisotopic (exact) mass is 463 g/mol. The lowest BCUT2D eigenvalue weighted by molar-refractivity contribution is -0.138. The molecule has 168 valence electrons. The number of halogens is 1. The highest BCUT2D eigenvalue weighted by Gasteiger charge is 2.61. The molecule has 1 aliphatic carbocycles. The lowest BCUT2D eigenvalue weighted by atomic mass is 9.63. The van der Waals surface area contributed by atoms with Crippen LogP contribution in [0.1, 0.15) is 30.4 Å². The summed E-state index contributed by atoms with van der Waals surface area (Å²) in [6, 6.07) is 12.4. The zero-order valence-corrected chi connectivity index (χ0v) is 19.0. The fourth-order valence-electron chi connectivity index (χ4n) is 5.28. The zero-order chi connectivity index (χ0) is 23.5. The number of rotatable bonds is 2. The molecule has 0 fully saturated rings. The maximum absolute atomic E-state index is 13.7. The molecule has 0 bridgehead atoms. The minimum atomic E-state index is -1.68. The molecular weight excluding hydrogens is 442 g/mol. The summed E-state index contributed by atoms with van der Waals surface area (Å²) in [6.07, 6.45) is 1.39. The van der Waals surface area contributed by atoms with Crippen LogP contribution in [0.5, 0.6) is 0 Å². The normalized spacial score (nSPS) is 21.8. The minimum Gasteiger partial charge on any atom is -0.466 e. The molecule has 1 amide bonds. The highest BCUT2D eigenvalue weighted by molar-refractivity contribution is 6.31. The number of amides is 1. The topological polar surface area (TPSA) is 102 Å². The van der Waals surface area contributed by atoms with Crippen molar-refractivity contribution in [3.8, 4) is 0 Å². The summed E-state index contributed by atoms with van der Waals surface area (Å²) < 4.78 is 5.12. The number of hydrogen-bond donors (Lipinski definition) is 2. The molecule has 0 saturated heterocycles. The number of ketones is 1.